The summed E-state index contributed by atoms with van der Waals surface area (Å²) >= 11 is 1.86. The van der Waals surface area contributed by atoms with Gasteiger partial charge in [-0.05, 0) is 81.4 Å². The Kier molecular flexibility index (Phi) is 7.35. The van der Waals surface area contributed by atoms with Gasteiger partial charge in [0.15, 0.2) is 5.58 Å². The lowest BCUT2D eigenvalue weighted by atomic mass is 9.68. The summed E-state index contributed by atoms with van der Waals surface area (Å²) in [5.74, 6) is 0. The first-order valence-corrected chi connectivity index (χ1v) is 20.7. The van der Waals surface area contributed by atoms with Crippen LogP contribution in [0.25, 0.3) is 64.4 Å². The lowest BCUT2D eigenvalue weighted by molar-refractivity contribution is 0.669. The predicted octanol–water partition coefficient (Wildman–Crippen LogP) is 15.5. The minimum Gasteiger partial charge on any atom is -0.454 e. The highest BCUT2D eigenvalue weighted by Gasteiger charge is 2.47. The fourth-order valence-corrected chi connectivity index (χ4v) is 10.9. The first kappa shape index (κ1) is 33.0. The van der Waals surface area contributed by atoms with Crippen LogP contribution in [0.1, 0.15) is 22.3 Å². The van der Waals surface area contributed by atoms with Crippen molar-refractivity contribution in [2.75, 3.05) is 4.90 Å². The zero-order chi connectivity index (χ0) is 38.2. The topological polar surface area (TPSA) is 16.4 Å². The minimum absolute atomic E-state index is 0.520. The van der Waals surface area contributed by atoms with Crippen LogP contribution in [0.2, 0.25) is 0 Å². The van der Waals surface area contributed by atoms with E-state index in [-0.39, 0.29) is 0 Å². The van der Waals surface area contributed by atoms with Crippen LogP contribution in [0.15, 0.2) is 217 Å². The monoisotopic (exact) mass is 757 g/mol. The van der Waals surface area contributed by atoms with E-state index >= 15 is 0 Å². The smallest absolute Gasteiger partial charge is 0.159 e. The van der Waals surface area contributed by atoms with Gasteiger partial charge in [-0.25, -0.2) is 0 Å². The quantitative estimate of drug-likeness (QED) is 0.168. The van der Waals surface area contributed by atoms with Crippen molar-refractivity contribution in [3.05, 3.63) is 235 Å². The van der Waals surface area contributed by atoms with E-state index in [1.165, 1.54) is 64.7 Å². The Morgan fingerprint density at radius 1 is 0.414 bits per heavy atom. The summed E-state index contributed by atoms with van der Waals surface area (Å²) in [7, 11) is 0. The molecule has 11 aromatic rings. The van der Waals surface area contributed by atoms with Gasteiger partial charge in [0.2, 0.25) is 0 Å². The number of fused-ring (bicyclic) bond motifs is 9. The molecular weight excluding hydrogens is 723 g/mol. The molecule has 0 spiro atoms. The molecule has 3 heteroatoms. The van der Waals surface area contributed by atoms with Crippen molar-refractivity contribution in [1.29, 1.82) is 0 Å². The maximum absolute atomic E-state index is 6.81. The number of furan rings is 1. The molecule has 272 valence electrons. The molecule has 0 radical (unpaired) electrons. The van der Waals surface area contributed by atoms with Gasteiger partial charge in [0.25, 0.3) is 0 Å². The van der Waals surface area contributed by atoms with Crippen molar-refractivity contribution in [2.45, 2.75) is 5.41 Å². The number of nitrogens with zero attached hydrogens (tertiary/aromatic N) is 1. The van der Waals surface area contributed by atoms with Crippen LogP contribution in [0.3, 0.4) is 0 Å². The average Bonchev–Trinajstić information content (AvgIpc) is 3.97. The second-order valence-electron chi connectivity index (χ2n) is 15.1. The van der Waals surface area contributed by atoms with Crippen LogP contribution < -0.4 is 4.90 Å². The predicted molar refractivity (Wildman–Crippen MR) is 244 cm³/mol. The number of anilines is 3. The highest BCUT2D eigenvalue weighted by Crippen LogP contribution is 2.60. The Morgan fingerprint density at radius 2 is 1.00 bits per heavy atom. The van der Waals surface area contributed by atoms with Crippen LogP contribution in [-0.4, -0.2) is 0 Å². The standard InChI is InChI=1S/C55H35NOS/c1-3-16-37(17-4-1)55(38-18-5-2-6-19-38)45-25-10-7-21-43(45)53-46(55)26-15-27-47(53)56(48-28-13-24-42-41-20-8-11-29-49(41)57-54(42)48)39-34-32-36(33-35-39)40-23-14-31-51-52(40)44-22-9-12-30-50(44)58-51/h1-35H. The number of benzene rings is 9. The first-order chi connectivity index (χ1) is 28.8. The zero-order valence-corrected chi connectivity index (χ0v) is 32.3. The molecule has 58 heavy (non-hydrogen) atoms. The maximum Gasteiger partial charge on any atom is 0.159 e. The van der Waals surface area contributed by atoms with Crippen molar-refractivity contribution in [3.63, 3.8) is 0 Å². The minimum atomic E-state index is -0.520. The van der Waals surface area contributed by atoms with E-state index in [9.17, 15) is 0 Å². The lowest BCUT2D eigenvalue weighted by Gasteiger charge is -2.34. The van der Waals surface area contributed by atoms with Crippen LogP contribution in [0, 0.1) is 0 Å². The molecule has 0 bridgehead atoms. The fraction of sp³-hybridized carbons (Fsp3) is 0.0182. The molecule has 0 unspecified atom stereocenters. The number of rotatable bonds is 6. The molecule has 0 saturated heterocycles. The number of hydrogen-bond acceptors (Lipinski definition) is 3. The van der Waals surface area contributed by atoms with Gasteiger partial charge in [-0.15, -0.1) is 11.3 Å². The van der Waals surface area contributed by atoms with Crippen LogP contribution in [0.4, 0.5) is 17.1 Å². The molecule has 2 aromatic heterocycles. The third kappa shape index (κ3) is 4.71. The van der Waals surface area contributed by atoms with Crippen molar-refractivity contribution < 1.29 is 4.42 Å². The molecular formula is C55H35NOS. The second-order valence-corrected chi connectivity index (χ2v) is 16.2. The van der Waals surface area contributed by atoms with Crippen molar-refractivity contribution in [2.24, 2.45) is 0 Å². The first-order valence-electron chi connectivity index (χ1n) is 19.8. The highest BCUT2D eigenvalue weighted by molar-refractivity contribution is 7.25. The highest BCUT2D eigenvalue weighted by atomic mass is 32.1. The van der Waals surface area contributed by atoms with Crippen molar-refractivity contribution in [3.8, 4) is 22.3 Å². The molecule has 0 saturated carbocycles. The Balaban J connectivity index is 1.13. The van der Waals surface area contributed by atoms with E-state index in [0.717, 1.165) is 39.0 Å². The molecule has 0 N–H and O–H groups in total. The van der Waals surface area contributed by atoms with Gasteiger partial charge in [0.1, 0.15) is 5.58 Å². The zero-order valence-electron chi connectivity index (χ0n) is 31.5. The Hall–Kier alpha value is -7.20. The summed E-state index contributed by atoms with van der Waals surface area (Å²) in [4.78, 5) is 2.43. The molecule has 1 aliphatic carbocycles. The Bertz CT molecular complexity index is 3300. The maximum atomic E-state index is 6.81. The van der Waals surface area contributed by atoms with Gasteiger partial charge in [0.05, 0.1) is 16.8 Å². The normalized spacial score (nSPS) is 13.0. The molecule has 2 nitrogen and oxygen atoms in total. The fourth-order valence-electron chi connectivity index (χ4n) is 9.78. The van der Waals surface area contributed by atoms with Crippen LogP contribution in [0.5, 0.6) is 0 Å². The van der Waals surface area contributed by atoms with Crippen LogP contribution in [-0.2, 0) is 5.41 Å². The SMILES string of the molecule is c1ccc(C2(c3ccccc3)c3ccccc3-c3c(N(c4ccc(-c5cccc6sc7ccccc7c56)cc4)c4cccc5c4oc4ccccc45)cccc32)cc1. The summed E-state index contributed by atoms with van der Waals surface area (Å²) in [5.41, 5.74) is 14.3. The molecule has 0 atom stereocenters. The summed E-state index contributed by atoms with van der Waals surface area (Å²) in [5, 5.41) is 4.83. The van der Waals surface area contributed by atoms with E-state index in [1.54, 1.807) is 0 Å². The van der Waals surface area contributed by atoms with Gasteiger partial charge in [-0.3, -0.25) is 0 Å². The molecule has 12 rings (SSSR count). The Morgan fingerprint density at radius 3 is 1.81 bits per heavy atom. The van der Waals surface area contributed by atoms with Gasteiger partial charge in [-0.2, -0.15) is 0 Å². The Labute approximate surface area is 340 Å². The van der Waals surface area contributed by atoms with Crippen LogP contribution >= 0.6 is 11.3 Å². The van der Waals surface area contributed by atoms with E-state index < -0.39 is 5.41 Å². The largest absolute Gasteiger partial charge is 0.454 e. The number of para-hydroxylation sites is 2. The van der Waals surface area contributed by atoms with E-state index in [2.05, 4.69) is 211 Å². The second kappa shape index (κ2) is 12.9. The average molecular weight is 758 g/mol. The molecule has 2 heterocycles. The molecule has 0 aliphatic heterocycles. The number of hydrogen-bond donors (Lipinski definition) is 0. The van der Waals surface area contributed by atoms with E-state index in [1.807, 2.05) is 17.4 Å². The third-order valence-electron chi connectivity index (χ3n) is 12.2. The van der Waals surface area contributed by atoms with Gasteiger partial charge in [0, 0.05) is 42.2 Å². The summed E-state index contributed by atoms with van der Waals surface area (Å²) in [6.45, 7) is 0. The van der Waals surface area contributed by atoms with Crippen molar-refractivity contribution >= 4 is 70.5 Å². The van der Waals surface area contributed by atoms with Gasteiger partial charge in [-0.1, -0.05) is 170 Å². The molecule has 9 aromatic carbocycles. The van der Waals surface area contributed by atoms with E-state index in [4.69, 9.17) is 4.42 Å². The lowest BCUT2D eigenvalue weighted by Crippen LogP contribution is -2.28. The molecule has 0 fully saturated rings. The molecule has 0 amide bonds. The van der Waals surface area contributed by atoms with Gasteiger partial charge >= 0.3 is 0 Å². The summed E-state index contributed by atoms with van der Waals surface area (Å²) in [6.07, 6.45) is 0. The van der Waals surface area contributed by atoms with E-state index in [0.29, 0.717) is 0 Å². The summed E-state index contributed by atoms with van der Waals surface area (Å²) < 4.78 is 9.43. The summed E-state index contributed by atoms with van der Waals surface area (Å²) in [6, 6.07) is 77.4. The number of thiophene rings is 1. The van der Waals surface area contributed by atoms with Crippen molar-refractivity contribution in [1.82, 2.24) is 0 Å². The van der Waals surface area contributed by atoms with Gasteiger partial charge < -0.3 is 9.32 Å². The third-order valence-corrected chi connectivity index (χ3v) is 13.3. The molecule has 1 aliphatic rings.